The van der Waals surface area contributed by atoms with Gasteiger partial charge in [0.2, 0.25) is 0 Å². The van der Waals surface area contributed by atoms with Gasteiger partial charge in [-0.3, -0.25) is 0 Å². The smallest absolute Gasteiger partial charge is 0.184 e. The maximum Gasteiger partial charge on any atom is 0.184 e. The van der Waals surface area contributed by atoms with Crippen LogP contribution in [0, 0.1) is 11.8 Å². The van der Waals surface area contributed by atoms with Crippen LogP contribution in [0.25, 0.3) is 11.1 Å². The third-order valence-corrected chi connectivity index (χ3v) is 4.95. The minimum atomic E-state index is -0.227. The molecular weight excluding hydrogens is 320 g/mol. The fourth-order valence-corrected chi connectivity index (χ4v) is 3.64. The van der Waals surface area contributed by atoms with E-state index in [1.54, 1.807) is 0 Å². The topological polar surface area (TPSA) is 18.5 Å². The largest absolute Gasteiger partial charge is 0.346 e. The summed E-state index contributed by atoms with van der Waals surface area (Å²) in [4.78, 5) is 0. The Kier molecular flexibility index (Phi) is 3.83. The Labute approximate surface area is 153 Å². The molecule has 0 N–H and O–H groups in total. The average Bonchev–Trinajstić information content (AvgIpc) is 3.34. The van der Waals surface area contributed by atoms with E-state index in [0.29, 0.717) is 13.2 Å². The molecule has 3 aromatic carbocycles. The van der Waals surface area contributed by atoms with Crippen LogP contribution in [-0.2, 0) is 15.9 Å². The fourth-order valence-electron chi connectivity index (χ4n) is 3.64. The lowest BCUT2D eigenvalue weighted by molar-refractivity contribution is -0.0441. The highest BCUT2D eigenvalue weighted by atomic mass is 16.7. The first-order valence-corrected chi connectivity index (χ1v) is 8.93. The first kappa shape index (κ1) is 15.4. The molecule has 1 heterocycles. The quantitative estimate of drug-likeness (QED) is 0.468. The van der Waals surface area contributed by atoms with E-state index in [9.17, 15) is 0 Å². The van der Waals surface area contributed by atoms with Crippen molar-refractivity contribution >= 4 is 0 Å². The van der Waals surface area contributed by atoms with Crippen molar-refractivity contribution < 1.29 is 9.47 Å². The molecule has 0 aromatic heterocycles. The van der Waals surface area contributed by atoms with Gasteiger partial charge in [-0.15, -0.1) is 0 Å². The summed E-state index contributed by atoms with van der Waals surface area (Å²) in [5.74, 6) is 6.55. The molecule has 3 aromatic rings. The molecule has 0 saturated carbocycles. The minimum absolute atomic E-state index is 0.227. The van der Waals surface area contributed by atoms with Crippen molar-refractivity contribution in [2.24, 2.45) is 0 Å². The van der Waals surface area contributed by atoms with Gasteiger partial charge in [-0.25, -0.2) is 0 Å². The second kappa shape index (κ2) is 6.46. The molecule has 1 saturated heterocycles. The minimum Gasteiger partial charge on any atom is -0.346 e. The zero-order chi connectivity index (χ0) is 17.3. The average molecular weight is 338 g/mol. The highest BCUT2D eigenvalue weighted by Gasteiger charge is 2.18. The van der Waals surface area contributed by atoms with Gasteiger partial charge in [-0.2, -0.15) is 0 Å². The summed E-state index contributed by atoms with van der Waals surface area (Å²) in [6, 6.07) is 23.3. The highest BCUT2D eigenvalue weighted by Crippen LogP contribution is 2.36. The molecule has 2 aliphatic rings. The monoisotopic (exact) mass is 338 g/mol. The molecule has 26 heavy (non-hydrogen) atoms. The first-order chi connectivity index (χ1) is 12.9. The van der Waals surface area contributed by atoms with Gasteiger partial charge in [0.15, 0.2) is 6.29 Å². The van der Waals surface area contributed by atoms with Crippen molar-refractivity contribution in [1.29, 1.82) is 0 Å². The van der Waals surface area contributed by atoms with Crippen LogP contribution in [0.2, 0.25) is 0 Å². The summed E-state index contributed by atoms with van der Waals surface area (Å²) in [6.07, 6.45) is 0.771. The molecule has 2 nitrogen and oxygen atoms in total. The number of benzene rings is 3. The SMILES string of the molecule is C(#Cc1ccc2c(c1)Cc1ccccc1-2)c1ccc(C2OCCO2)cc1. The Hall–Kier alpha value is -2.86. The zero-order valence-electron chi connectivity index (χ0n) is 14.4. The van der Waals surface area contributed by atoms with E-state index in [4.69, 9.17) is 9.47 Å². The van der Waals surface area contributed by atoms with E-state index in [-0.39, 0.29) is 6.29 Å². The first-order valence-electron chi connectivity index (χ1n) is 8.93. The van der Waals surface area contributed by atoms with E-state index < -0.39 is 0 Å². The Morgan fingerprint density at radius 2 is 1.38 bits per heavy atom. The van der Waals surface area contributed by atoms with Gasteiger partial charge in [-0.05, 0) is 52.9 Å². The molecule has 126 valence electrons. The van der Waals surface area contributed by atoms with E-state index in [1.807, 2.05) is 24.3 Å². The second-order valence-electron chi connectivity index (χ2n) is 6.65. The molecule has 0 spiro atoms. The van der Waals surface area contributed by atoms with Crippen molar-refractivity contribution in [1.82, 2.24) is 0 Å². The van der Waals surface area contributed by atoms with Crippen LogP contribution in [-0.4, -0.2) is 13.2 Å². The summed E-state index contributed by atoms with van der Waals surface area (Å²) >= 11 is 0. The second-order valence-corrected chi connectivity index (χ2v) is 6.65. The highest BCUT2D eigenvalue weighted by molar-refractivity contribution is 5.77. The standard InChI is InChI=1S/C24H18O2/c1-2-4-22-20(3-1)16-21-15-18(9-12-23(21)22)6-5-17-7-10-19(11-8-17)24-25-13-14-26-24/h1-4,7-12,15,24H,13-14,16H2. The molecule has 0 bridgehead atoms. The summed E-state index contributed by atoms with van der Waals surface area (Å²) in [6.45, 7) is 1.32. The van der Waals surface area contributed by atoms with Crippen molar-refractivity contribution in [3.05, 3.63) is 94.5 Å². The maximum absolute atomic E-state index is 5.52. The fraction of sp³-hybridized carbons (Fsp3) is 0.167. The molecule has 1 aliphatic heterocycles. The van der Waals surface area contributed by atoms with Gasteiger partial charge in [-0.1, -0.05) is 54.3 Å². The van der Waals surface area contributed by atoms with Crippen molar-refractivity contribution in [3.8, 4) is 23.0 Å². The number of fused-ring (bicyclic) bond motifs is 3. The van der Waals surface area contributed by atoms with E-state index in [0.717, 1.165) is 23.1 Å². The molecule has 5 rings (SSSR count). The van der Waals surface area contributed by atoms with Gasteiger partial charge in [0.25, 0.3) is 0 Å². The molecular formula is C24H18O2. The third-order valence-electron chi connectivity index (χ3n) is 4.95. The molecule has 1 fully saturated rings. The Morgan fingerprint density at radius 3 is 2.23 bits per heavy atom. The van der Waals surface area contributed by atoms with E-state index >= 15 is 0 Å². The van der Waals surface area contributed by atoms with Gasteiger partial charge < -0.3 is 9.47 Å². The Morgan fingerprint density at radius 1 is 0.692 bits per heavy atom. The molecule has 2 heteroatoms. The van der Waals surface area contributed by atoms with Gasteiger partial charge in [0.05, 0.1) is 13.2 Å². The Balaban J connectivity index is 1.37. The number of hydrogen-bond donors (Lipinski definition) is 0. The van der Waals surface area contributed by atoms with Crippen LogP contribution in [0.4, 0.5) is 0 Å². The number of ether oxygens (including phenoxy) is 2. The normalized spacial score (nSPS) is 15.2. The van der Waals surface area contributed by atoms with Gasteiger partial charge in [0, 0.05) is 16.7 Å². The van der Waals surface area contributed by atoms with E-state index in [2.05, 4.69) is 54.3 Å². The lowest BCUT2D eigenvalue weighted by atomic mass is 10.0. The summed E-state index contributed by atoms with van der Waals surface area (Å²) < 4.78 is 11.0. The van der Waals surface area contributed by atoms with Crippen LogP contribution in [0.3, 0.4) is 0 Å². The van der Waals surface area contributed by atoms with Crippen LogP contribution in [0.15, 0.2) is 66.7 Å². The summed E-state index contributed by atoms with van der Waals surface area (Å²) in [7, 11) is 0. The van der Waals surface area contributed by atoms with Crippen molar-refractivity contribution in [2.45, 2.75) is 12.7 Å². The lowest BCUT2D eigenvalue weighted by Gasteiger charge is -2.08. The number of rotatable bonds is 1. The van der Waals surface area contributed by atoms with Crippen molar-refractivity contribution in [2.75, 3.05) is 13.2 Å². The van der Waals surface area contributed by atoms with E-state index in [1.165, 1.54) is 22.3 Å². The third kappa shape index (κ3) is 2.82. The number of hydrogen-bond acceptors (Lipinski definition) is 2. The molecule has 1 aliphatic carbocycles. The van der Waals surface area contributed by atoms with Gasteiger partial charge >= 0.3 is 0 Å². The maximum atomic E-state index is 5.52. The van der Waals surface area contributed by atoms with Crippen LogP contribution >= 0.6 is 0 Å². The molecule has 0 unspecified atom stereocenters. The molecule has 0 radical (unpaired) electrons. The zero-order valence-corrected chi connectivity index (χ0v) is 14.4. The predicted octanol–water partition coefficient (Wildman–Crippen LogP) is 4.70. The predicted molar refractivity (Wildman–Crippen MR) is 102 cm³/mol. The van der Waals surface area contributed by atoms with Gasteiger partial charge in [0.1, 0.15) is 0 Å². The van der Waals surface area contributed by atoms with Crippen LogP contribution in [0.1, 0.15) is 34.1 Å². The van der Waals surface area contributed by atoms with Crippen LogP contribution < -0.4 is 0 Å². The summed E-state index contributed by atoms with van der Waals surface area (Å²) in [5.41, 5.74) is 8.56. The van der Waals surface area contributed by atoms with Crippen molar-refractivity contribution in [3.63, 3.8) is 0 Å². The Bertz CT molecular complexity index is 1020. The summed E-state index contributed by atoms with van der Waals surface area (Å²) in [5, 5.41) is 0. The lowest BCUT2D eigenvalue weighted by Crippen LogP contribution is -1.97. The molecule has 0 atom stereocenters. The van der Waals surface area contributed by atoms with Crippen LogP contribution in [0.5, 0.6) is 0 Å². The molecule has 0 amide bonds.